The van der Waals surface area contributed by atoms with Gasteiger partial charge in [-0.25, -0.2) is 0 Å². The van der Waals surface area contributed by atoms with Gasteiger partial charge in [0.1, 0.15) is 5.75 Å². The lowest BCUT2D eigenvalue weighted by Gasteiger charge is -2.19. The summed E-state index contributed by atoms with van der Waals surface area (Å²) in [6, 6.07) is 12.0. The summed E-state index contributed by atoms with van der Waals surface area (Å²) in [7, 11) is 0. The monoisotopic (exact) mass is 297 g/mol. The van der Waals surface area contributed by atoms with Crippen LogP contribution >= 0.6 is 0 Å². The van der Waals surface area contributed by atoms with E-state index in [1.807, 2.05) is 0 Å². The number of nitrogens with one attached hydrogen (secondary N) is 1. The van der Waals surface area contributed by atoms with Crippen LogP contribution < -0.4 is 10.1 Å². The highest BCUT2D eigenvalue weighted by Crippen LogP contribution is 2.32. The Morgan fingerprint density at radius 2 is 1.67 bits per heavy atom. The Kier molecular flexibility index (Phi) is 4.26. The molecular weight excluding hydrogens is 283 g/mol. The fourth-order valence-electron chi connectivity index (χ4n) is 1.88. The minimum absolute atomic E-state index is 0.131. The fourth-order valence-corrected chi connectivity index (χ4v) is 1.88. The van der Waals surface area contributed by atoms with Gasteiger partial charge in [0.25, 0.3) is 0 Å². The number of para-hydroxylation sites is 2. The second-order valence-electron chi connectivity index (χ2n) is 4.50. The number of rotatable bonds is 4. The molecule has 0 spiro atoms. The summed E-state index contributed by atoms with van der Waals surface area (Å²) >= 11 is 0. The molecule has 0 amide bonds. The molecule has 0 aliphatic heterocycles. The Morgan fingerprint density at radius 3 is 2.29 bits per heavy atom. The van der Waals surface area contributed by atoms with Crippen molar-refractivity contribution >= 4 is 5.69 Å². The first-order valence-corrected chi connectivity index (χ1v) is 6.25. The Balaban J connectivity index is 2.17. The third-order valence-corrected chi connectivity index (χ3v) is 2.88. The van der Waals surface area contributed by atoms with E-state index in [2.05, 4.69) is 10.1 Å². The zero-order valence-corrected chi connectivity index (χ0v) is 11.2. The van der Waals surface area contributed by atoms with Crippen LogP contribution in [0.5, 0.6) is 11.5 Å². The first kappa shape index (κ1) is 15.0. The number of aromatic hydroxyl groups is 1. The highest BCUT2D eigenvalue weighted by Gasteiger charge is 2.32. The van der Waals surface area contributed by atoms with E-state index >= 15 is 0 Å². The van der Waals surface area contributed by atoms with Crippen molar-refractivity contribution in [1.82, 2.24) is 0 Å². The first-order chi connectivity index (χ1) is 9.85. The van der Waals surface area contributed by atoms with E-state index in [1.54, 1.807) is 25.1 Å². The minimum atomic E-state index is -4.74. The van der Waals surface area contributed by atoms with Crippen LogP contribution in [0.15, 0.2) is 48.5 Å². The lowest BCUT2D eigenvalue weighted by Crippen LogP contribution is -2.18. The summed E-state index contributed by atoms with van der Waals surface area (Å²) in [5.41, 5.74) is 1.07. The van der Waals surface area contributed by atoms with Crippen LogP contribution in [0.1, 0.15) is 18.5 Å². The molecule has 1 unspecified atom stereocenters. The summed E-state index contributed by atoms with van der Waals surface area (Å²) in [4.78, 5) is 0. The number of phenolic OH excluding ortho intramolecular Hbond substituents is 1. The van der Waals surface area contributed by atoms with Gasteiger partial charge in [-0.05, 0) is 36.8 Å². The number of hydrogen-bond donors (Lipinski definition) is 2. The van der Waals surface area contributed by atoms with Gasteiger partial charge in [-0.15, -0.1) is 13.2 Å². The number of anilines is 1. The van der Waals surface area contributed by atoms with Gasteiger partial charge in [-0.1, -0.05) is 24.3 Å². The van der Waals surface area contributed by atoms with Gasteiger partial charge in [0, 0.05) is 6.04 Å². The third kappa shape index (κ3) is 4.30. The zero-order valence-electron chi connectivity index (χ0n) is 11.2. The summed E-state index contributed by atoms with van der Waals surface area (Å²) in [6.45, 7) is 1.80. The van der Waals surface area contributed by atoms with Crippen molar-refractivity contribution in [2.45, 2.75) is 19.3 Å². The highest BCUT2D eigenvalue weighted by atomic mass is 19.4. The van der Waals surface area contributed by atoms with Crippen molar-refractivity contribution in [3.05, 3.63) is 54.1 Å². The van der Waals surface area contributed by atoms with E-state index in [4.69, 9.17) is 0 Å². The molecule has 2 aromatic rings. The molecule has 2 aromatic carbocycles. The molecule has 2 N–H and O–H groups in total. The number of hydrogen-bond acceptors (Lipinski definition) is 3. The fraction of sp³-hybridized carbons (Fsp3) is 0.200. The van der Waals surface area contributed by atoms with Crippen molar-refractivity contribution in [3.63, 3.8) is 0 Å². The average Bonchev–Trinajstić information content (AvgIpc) is 2.40. The van der Waals surface area contributed by atoms with Gasteiger partial charge >= 0.3 is 6.36 Å². The molecule has 3 nitrogen and oxygen atoms in total. The largest absolute Gasteiger partial charge is 0.573 e. The number of phenols is 1. The third-order valence-electron chi connectivity index (χ3n) is 2.88. The van der Waals surface area contributed by atoms with E-state index in [9.17, 15) is 18.3 Å². The van der Waals surface area contributed by atoms with E-state index in [1.165, 1.54) is 30.3 Å². The lowest BCUT2D eigenvalue weighted by molar-refractivity contribution is -0.274. The maximum atomic E-state index is 12.3. The normalized spacial score (nSPS) is 12.8. The van der Waals surface area contributed by atoms with Crippen molar-refractivity contribution in [2.75, 3.05) is 5.32 Å². The van der Waals surface area contributed by atoms with Crippen LogP contribution in [0.3, 0.4) is 0 Å². The topological polar surface area (TPSA) is 41.5 Å². The molecule has 21 heavy (non-hydrogen) atoms. The van der Waals surface area contributed by atoms with Crippen LogP contribution in [0.25, 0.3) is 0 Å². The van der Waals surface area contributed by atoms with Gasteiger partial charge < -0.3 is 15.2 Å². The van der Waals surface area contributed by atoms with Crippen LogP contribution in [0.2, 0.25) is 0 Å². The standard InChI is InChI=1S/C15H14F3NO2/c1-10(11-6-8-12(20)9-7-11)19-13-4-2-3-5-14(13)21-15(16,17)18/h2-10,19-20H,1H3. The second kappa shape index (κ2) is 5.95. The molecule has 6 heteroatoms. The summed E-state index contributed by atoms with van der Waals surface area (Å²) in [5, 5.41) is 12.2. The van der Waals surface area contributed by atoms with Crippen molar-refractivity contribution in [3.8, 4) is 11.5 Å². The van der Waals surface area contributed by atoms with E-state index in [0.29, 0.717) is 0 Å². The predicted octanol–water partition coefficient (Wildman–Crippen LogP) is 4.46. The van der Waals surface area contributed by atoms with Gasteiger partial charge in [-0.2, -0.15) is 0 Å². The van der Waals surface area contributed by atoms with Crippen molar-refractivity contribution in [2.24, 2.45) is 0 Å². The van der Waals surface area contributed by atoms with Crippen LogP contribution in [-0.4, -0.2) is 11.5 Å². The average molecular weight is 297 g/mol. The van der Waals surface area contributed by atoms with Crippen LogP contribution in [0.4, 0.5) is 18.9 Å². The molecule has 1 atom stereocenters. The van der Waals surface area contributed by atoms with E-state index in [-0.39, 0.29) is 23.2 Å². The molecule has 112 valence electrons. The second-order valence-corrected chi connectivity index (χ2v) is 4.50. The zero-order chi connectivity index (χ0) is 15.5. The SMILES string of the molecule is CC(Nc1ccccc1OC(F)(F)F)c1ccc(O)cc1. The molecule has 0 aliphatic rings. The Hall–Kier alpha value is -2.37. The van der Waals surface area contributed by atoms with E-state index < -0.39 is 6.36 Å². The number of halogens is 3. The van der Waals surface area contributed by atoms with Gasteiger partial charge in [-0.3, -0.25) is 0 Å². The number of benzene rings is 2. The van der Waals surface area contributed by atoms with Crippen LogP contribution in [-0.2, 0) is 0 Å². The molecule has 0 fully saturated rings. The summed E-state index contributed by atoms with van der Waals surface area (Å²) in [6.07, 6.45) is -4.74. The molecular formula is C15H14F3NO2. The molecule has 0 aromatic heterocycles. The Bertz CT molecular complexity index is 597. The summed E-state index contributed by atoms with van der Waals surface area (Å²) in [5.74, 6) is -0.151. The smallest absolute Gasteiger partial charge is 0.508 e. The quantitative estimate of drug-likeness (QED) is 0.875. The van der Waals surface area contributed by atoms with Crippen LogP contribution in [0, 0.1) is 0 Å². The number of ether oxygens (including phenoxy) is 1. The predicted molar refractivity (Wildman–Crippen MR) is 73.3 cm³/mol. The molecule has 0 saturated carbocycles. The number of alkyl halides is 3. The summed E-state index contributed by atoms with van der Waals surface area (Å²) < 4.78 is 41.0. The van der Waals surface area contributed by atoms with Gasteiger partial charge in [0.05, 0.1) is 5.69 Å². The lowest BCUT2D eigenvalue weighted by atomic mass is 10.1. The maximum Gasteiger partial charge on any atom is 0.573 e. The van der Waals surface area contributed by atoms with Crippen molar-refractivity contribution in [1.29, 1.82) is 0 Å². The minimum Gasteiger partial charge on any atom is -0.508 e. The van der Waals surface area contributed by atoms with Gasteiger partial charge in [0.2, 0.25) is 0 Å². The Morgan fingerprint density at radius 1 is 1.05 bits per heavy atom. The molecule has 0 radical (unpaired) electrons. The molecule has 0 heterocycles. The highest BCUT2D eigenvalue weighted by molar-refractivity contribution is 5.57. The van der Waals surface area contributed by atoms with E-state index in [0.717, 1.165) is 5.56 Å². The Labute approximate surface area is 120 Å². The molecule has 0 bridgehead atoms. The molecule has 2 rings (SSSR count). The molecule has 0 saturated heterocycles. The first-order valence-electron chi connectivity index (χ1n) is 6.25. The maximum absolute atomic E-state index is 12.3. The molecule has 0 aliphatic carbocycles. The van der Waals surface area contributed by atoms with Crippen molar-refractivity contribution < 1.29 is 23.0 Å². The van der Waals surface area contributed by atoms with Gasteiger partial charge in [0.15, 0.2) is 5.75 Å².